The average Bonchev–Trinajstić information content (AvgIpc) is 2.48. The molecule has 0 saturated heterocycles. The van der Waals surface area contributed by atoms with E-state index in [9.17, 15) is 0 Å². The summed E-state index contributed by atoms with van der Waals surface area (Å²) in [6.45, 7) is 8.26. The van der Waals surface area contributed by atoms with Gasteiger partial charge in [-0.15, -0.1) is 0 Å². The first-order valence-corrected chi connectivity index (χ1v) is 6.76. The molecule has 104 valence electrons. The highest BCUT2D eigenvalue weighted by molar-refractivity contribution is 6.30. The second-order valence-corrected chi connectivity index (χ2v) is 5.83. The quantitative estimate of drug-likeness (QED) is 0.861. The summed E-state index contributed by atoms with van der Waals surface area (Å²) in [5.41, 5.74) is 2.10. The van der Waals surface area contributed by atoms with Crippen LogP contribution in [0.1, 0.15) is 25.1 Å². The van der Waals surface area contributed by atoms with Crippen molar-refractivity contribution >= 4 is 11.6 Å². The molecule has 1 heterocycles. The fourth-order valence-corrected chi connectivity index (χ4v) is 2.25. The molecular formula is C13H25ClN4. The van der Waals surface area contributed by atoms with E-state index in [1.807, 2.05) is 14.0 Å². The van der Waals surface area contributed by atoms with Crippen LogP contribution < -0.4 is 5.32 Å². The van der Waals surface area contributed by atoms with Crippen molar-refractivity contribution < 1.29 is 0 Å². The second-order valence-electron chi connectivity index (χ2n) is 5.47. The van der Waals surface area contributed by atoms with E-state index in [-0.39, 0.29) is 0 Å². The lowest BCUT2D eigenvalue weighted by atomic mass is 10.0. The van der Waals surface area contributed by atoms with Gasteiger partial charge >= 0.3 is 0 Å². The van der Waals surface area contributed by atoms with E-state index in [1.54, 1.807) is 4.68 Å². The van der Waals surface area contributed by atoms with Crippen LogP contribution in [0.2, 0.25) is 5.15 Å². The van der Waals surface area contributed by atoms with Crippen molar-refractivity contribution in [2.45, 2.75) is 33.4 Å². The van der Waals surface area contributed by atoms with Gasteiger partial charge in [0.1, 0.15) is 5.15 Å². The molecule has 0 aliphatic heterocycles. The lowest BCUT2D eigenvalue weighted by Crippen LogP contribution is -2.41. The van der Waals surface area contributed by atoms with Gasteiger partial charge in [-0.2, -0.15) is 5.10 Å². The molecule has 0 aromatic carbocycles. The first-order valence-electron chi connectivity index (χ1n) is 6.39. The van der Waals surface area contributed by atoms with Crippen LogP contribution in [0.15, 0.2) is 0 Å². The van der Waals surface area contributed by atoms with Gasteiger partial charge in [-0.05, 0) is 26.9 Å². The van der Waals surface area contributed by atoms with Gasteiger partial charge in [0.2, 0.25) is 0 Å². The van der Waals surface area contributed by atoms with E-state index in [0.717, 1.165) is 29.5 Å². The lowest BCUT2D eigenvalue weighted by Gasteiger charge is -2.25. The number of rotatable bonds is 6. The van der Waals surface area contributed by atoms with Gasteiger partial charge in [0.25, 0.3) is 0 Å². The highest BCUT2D eigenvalue weighted by Gasteiger charge is 2.16. The molecular weight excluding hydrogens is 248 g/mol. The zero-order valence-corrected chi connectivity index (χ0v) is 13.0. The monoisotopic (exact) mass is 272 g/mol. The highest BCUT2D eigenvalue weighted by Crippen LogP contribution is 2.18. The number of aromatic nitrogens is 2. The molecule has 0 saturated carbocycles. The van der Waals surface area contributed by atoms with Crippen molar-refractivity contribution in [3.63, 3.8) is 0 Å². The van der Waals surface area contributed by atoms with E-state index < -0.39 is 0 Å². The molecule has 0 bridgehead atoms. The standard InChI is InChI=1S/C13H25ClN4/c1-9(2)12(8-17(4)5)15-7-11-10(3)16-18(6)13(11)14/h9,12,15H,7-8H2,1-6H3. The average molecular weight is 273 g/mol. The Bertz CT molecular complexity index is 385. The van der Waals surface area contributed by atoms with Gasteiger partial charge < -0.3 is 10.2 Å². The zero-order chi connectivity index (χ0) is 13.9. The molecule has 0 radical (unpaired) electrons. The lowest BCUT2D eigenvalue weighted by molar-refractivity contribution is 0.288. The Morgan fingerprint density at radius 2 is 2.00 bits per heavy atom. The second kappa shape index (κ2) is 6.55. The summed E-state index contributed by atoms with van der Waals surface area (Å²) in [7, 11) is 6.07. The first-order chi connectivity index (χ1) is 8.32. The third kappa shape index (κ3) is 3.97. The number of nitrogens with one attached hydrogen (secondary N) is 1. The maximum atomic E-state index is 6.23. The highest BCUT2D eigenvalue weighted by atomic mass is 35.5. The number of hydrogen-bond acceptors (Lipinski definition) is 3. The Hall–Kier alpha value is -0.580. The molecule has 0 aliphatic carbocycles. The summed E-state index contributed by atoms with van der Waals surface area (Å²) in [5.74, 6) is 0.586. The molecule has 0 aliphatic rings. The van der Waals surface area contributed by atoms with E-state index >= 15 is 0 Å². The maximum absolute atomic E-state index is 6.23. The summed E-state index contributed by atoms with van der Waals surface area (Å²) in [4.78, 5) is 2.20. The molecule has 1 N–H and O–H groups in total. The third-order valence-electron chi connectivity index (χ3n) is 3.18. The van der Waals surface area contributed by atoms with Crippen LogP contribution in [0.4, 0.5) is 0 Å². The van der Waals surface area contributed by atoms with Crippen molar-refractivity contribution in [3.05, 3.63) is 16.4 Å². The predicted octanol–water partition coefficient (Wildman–Crippen LogP) is 2.06. The number of hydrogen-bond donors (Lipinski definition) is 1. The molecule has 1 aromatic heterocycles. The Morgan fingerprint density at radius 1 is 1.39 bits per heavy atom. The Balaban J connectivity index is 2.67. The van der Waals surface area contributed by atoms with Crippen LogP contribution in [0.5, 0.6) is 0 Å². The van der Waals surface area contributed by atoms with E-state index in [1.165, 1.54) is 0 Å². The minimum absolute atomic E-state index is 0.454. The van der Waals surface area contributed by atoms with Crippen molar-refractivity contribution in [2.75, 3.05) is 20.6 Å². The van der Waals surface area contributed by atoms with Crippen molar-refractivity contribution in [1.29, 1.82) is 0 Å². The topological polar surface area (TPSA) is 33.1 Å². The first kappa shape index (κ1) is 15.5. The summed E-state index contributed by atoms with van der Waals surface area (Å²) in [5, 5.41) is 8.64. The molecule has 1 aromatic rings. The normalized spacial score (nSPS) is 13.6. The molecule has 0 fully saturated rings. The molecule has 1 rings (SSSR count). The molecule has 18 heavy (non-hydrogen) atoms. The number of nitrogens with zero attached hydrogens (tertiary/aromatic N) is 3. The van der Waals surface area contributed by atoms with Crippen LogP contribution in [0.3, 0.4) is 0 Å². The van der Waals surface area contributed by atoms with Crippen LogP contribution in [0, 0.1) is 12.8 Å². The molecule has 1 atom stereocenters. The summed E-state index contributed by atoms with van der Waals surface area (Å²) in [6.07, 6.45) is 0. The van der Waals surface area contributed by atoms with E-state index in [2.05, 4.69) is 43.3 Å². The number of halogens is 1. The molecule has 4 nitrogen and oxygen atoms in total. The van der Waals surface area contributed by atoms with Crippen molar-refractivity contribution in [1.82, 2.24) is 20.0 Å². The van der Waals surface area contributed by atoms with E-state index in [0.29, 0.717) is 12.0 Å². The summed E-state index contributed by atoms with van der Waals surface area (Å²) in [6, 6.07) is 0.454. The van der Waals surface area contributed by atoms with Gasteiger partial charge in [-0.25, -0.2) is 0 Å². The van der Waals surface area contributed by atoms with Crippen molar-refractivity contribution in [2.24, 2.45) is 13.0 Å². The summed E-state index contributed by atoms with van der Waals surface area (Å²) < 4.78 is 1.73. The SMILES string of the molecule is Cc1nn(C)c(Cl)c1CNC(CN(C)C)C(C)C. The largest absolute Gasteiger partial charge is 0.308 e. The molecule has 0 spiro atoms. The van der Waals surface area contributed by atoms with Gasteiger partial charge in [-0.1, -0.05) is 25.4 Å². The van der Waals surface area contributed by atoms with Gasteiger partial charge in [-0.3, -0.25) is 4.68 Å². The predicted molar refractivity (Wildman–Crippen MR) is 77.0 cm³/mol. The van der Waals surface area contributed by atoms with E-state index in [4.69, 9.17) is 11.6 Å². The zero-order valence-electron chi connectivity index (χ0n) is 12.3. The molecule has 5 heteroatoms. The van der Waals surface area contributed by atoms with Gasteiger partial charge in [0.15, 0.2) is 0 Å². The fourth-order valence-electron chi connectivity index (χ4n) is 2.01. The van der Waals surface area contributed by atoms with Crippen LogP contribution in [-0.2, 0) is 13.6 Å². The fraction of sp³-hybridized carbons (Fsp3) is 0.769. The number of likely N-dealkylation sites (N-methyl/N-ethyl adjacent to an activating group) is 1. The Kier molecular flexibility index (Phi) is 5.63. The van der Waals surface area contributed by atoms with Crippen LogP contribution >= 0.6 is 11.6 Å². The minimum atomic E-state index is 0.454. The Morgan fingerprint density at radius 3 is 2.39 bits per heavy atom. The Labute approximate surface area is 115 Å². The van der Waals surface area contributed by atoms with Crippen molar-refractivity contribution in [3.8, 4) is 0 Å². The third-order valence-corrected chi connectivity index (χ3v) is 3.65. The number of aryl methyl sites for hydroxylation is 2. The van der Waals surface area contributed by atoms with Crippen LogP contribution in [0.25, 0.3) is 0 Å². The van der Waals surface area contributed by atoms with Crippen LogP contribution in [-0.4, -0.2) is 41.4 Å². The van der Waals surface area contributed by atoms with Gasteiger partial charge in [0, 0.05) is 31.7 Å². The summed E-state index contributed by atoms with van der Waals surface area (Å²) >= 11 is 6.23. The molecule has 0 amide bonds. The smallest absolute Gasteiger partial charge is 0.131 e. The molecule has 1 unspecified atom stereocenters. The maximum Gasteiger partial charge on any atom is 0.131 e. The van der Waals surface area contributed by atoms with Gasteiger partial charge in [0.05, 0.1) is 5.69 Å². The minimum Gasteiger partial charge on any atom is -0.308 e.